The molecule has 1 aromatic rings. The minimum absolute atomic E-state index is 0.0809. The second-order valence-electron chi connectivity index (χ2n) is 6.37. The Morgan fingerprint density at radius 1 is 1.36 bits per heavy atom. The number of carbonyl (C=O) groups is 1. The fourth-order valence-electron chi connectivity index (χ4n) is 1.96. The van der Waals surface area contributed by atoms with E-state index in [1.807, 2.05) is 20.8 Å². The quantitative estimate of drug-likeness (QED) is 0.199. The van der Waals surface area contributed by atoms with Crippen molar-refractivity contribution < 1.29 is 24.3 Å². The average Bonchev–Trinajstić information content (AvgIpc) is 2.54. The Kier molecular flexibility index (Phi) is 9.65. The maximum absolute atomic E-state index is 13.9. The summed E-state index contributed by atoms with van der Waals surface area (Å²) in [6.07, 6.45) is 0.218. The van der Waals surface area contributed by atoms with Gasteiger partial charge in [-0.15, -0.1) is 0 Å². The molecule has 0 radical (unpaired) electrons. The van der Waals surface area contributed by atoms with E-state index < -0.39 is 5.60 Å². The van der Waals surface area contributed by atoms with Crippen LogP contribution in [0.4, 0.5) is 4.39 Å². The summed E-state index contributed by atoms with van der Waals surface area (Å²) in [5.41, 5.74) is 5.83. The maximum Gasteiger partial charge on any atom is 0.307 e. The van der Waals surface area contributed by atoms with E-state index >= 15 is 0 Å². The van der Waals surface area contributed by atoms with Crippen LogP contribution in [0, 0.1) is 5.82 Å². The molecule has 0 aliphatic heterocycles. The molecule has 0 fully saturated rings. The fourth-order valence-corrected chi connectivity index (χ4v) is 1.96. The molecule has 142 valence electrons. The number of rotatable bonds is 6. The van der Waals surface area contributed by atoms with Gasteiger partial charge in [0.25, 0.3) is 0 Å². The van der Waals surface area contributed by atoms with Crippen LogP contribution in [0.5, 0.6) is 0 Å². The highest BCUT2D eigenvalue weighted by Gasteiger charge is 2.17. The lowest BCUT2D eigenvalue weighted by Crippen LogP contribution is -2.28. The zero-order chi connectivity index (χ0) is 19.6. The van der Waals surface area contributed by atoms with Crippen LogP contribution >= 0.6 is 0 Å². The third kappa shape index (κ3) is 8.99. The van der Waals surface area contributed by atoms with E-state index in [0.717, 1.165) is 0 Å². The second-order valence-corrected chi connectivity index (χ2v) is 6.37. The predicted molar refractivity (Wildman–Crippen MR) is 91.7 cm³/mol. The summed E-state index contributed by atoms with van der Waals surface area (Å²) in [7, 11) is 1.78. The molecule has 0 spiro atoms. The van der Waals surface area contributed by atoms with Crippen LogP contribution in [0.25, 0.3) is 0 Å². The van der Waals surface area contributed by atoms with Gasteiger partial charge >= 0.3 is 5.97 Å². The molecule has 0 aliphatic rings. The molecule has 0 saturated heterocycles. The molecule has 6 N–H and O–H groups in total. The van der Waals surface area contributed by atoms with Crippen LogP contribution < -0.4 is 11.6 Å². The minimum Gasteiger partial charge on any atom is -0.460 e. The summed E-state index contributed by atoms with van der Waals surface area (Å²) >= 11 is 0. The van der Waals surface area contributed by atoms with Crippen molar-refractivity contribution in [3.05, 3.63) is 35.1 Å². The molecule has 0 aromatic heterocycles. The molecule has 25 heavy (non-hydrogen) atoms. The van der Waals surface area contributed by atoms with Gasteiger partial charge in [-0.3, -0.25) is 4.79 Å². The first-order chi connectivity index (χ1) is 11.6. The van der Waals surface area contributed by atoms with Crippen molar-refractivity contribution in [2.24, 2.45) is 16.8 Å². The number of hydrogen-bond donors (Lipinski definition) is 4. The zero-order valence-electron chi connectivity index (χ0n) is 15.0. The zero-order valence-corrected chi connectivity index (χ0v) is 15.0. The first-order valence-corrected chi connectivity index (χ1v) is 7.55. The van der Waals surface area contributed by atoms with Crippen LogP contribution in [0.3, 0.4) is 0 Å². The van der Waals surface area contributed by atoms with Crippen LogP contribution in [0.1, 0.15) is 38.3 Å². The van der Waals surface area contributed by atoms with Crippen LogP contribution in [0.2, 0.25) is 0 Å². The van der Waals surface area contributed by atoms with Gasteiger partial charge < -0.3 is 25.8 Å². The number of hydrogen-bond acceptors (Lipinski definition) is 7. The smallest absolute Gasteiger partial charge is 0.307 e. The molecule has 0 amide bonds. The third-order valence-electron chi connectivity index (χ3n) is 3.01. The number of nitrogens with zero attached hydrogens (tertiary/aromatic N) is 2. The number of nitrogens with two attached hydrogens (primary N) is 2. The number of carbonyl (C=O) groups excluding carboxylic acids is 1. The first kappa shape index (κ1) is 22.8. The molecule has 8 nitrogen and oxygen atoms in total. The number of benzene rings is 1. The van der Waals surface area contributed by atoms with Crippen molar-refractivity contribution in [3.8, 4) is 0 Å². The summed E-state index contributed by atoms with van der Waals surface area (Å²) in [5, 5.41) is 18.1. The highest BCUT2D eigenvalue weighted by Crippen LogP contribution is 2.14. The summed E-state index contributed by atoms with van der Waals surface area (Å²) in [5.74, 6) is 2.74. The monoisotopic (exact) mass is 358 g/mol. The van der Waals surface area contributed by atoms with E-state index in [1.165, 1.54) is 18.2 Å². The van der Waals surface area contributed by atoms with Crippen molar-refractivity contribution in [2.75, 3.05) is 13.6 Å². The highest BCUT2D eigenvalue weighted by atomic mass is 19.1. The van der Waals surface area contributed by atoms with Crippen molar-refractivity contribution in [1.29, 1.82) is 0 Å². The van der Waals surface area contributed by atoms with E-state index in [0.29, 0.717) is 24.2 Å². The molecule has 0 atom stereocenters. The Hall–Kier alpha value is -2.23. The summed E-state index contributed by atoms with van der Waals surface area (Å²) in [4.78, 5) is 13.5. The average molecular weight is 358 g/mol. The molecule has 0 unspecified atom stereocenters. The Balaban J connectivity index is 0.00000277. The molecular weight excluding hydrogens is 331 g/mol. The lowest BCUT2D eigenvalue weighted by atomic mass is 10.1. The maximum atomic E-state index is 13.9. The molecule has 1 aromatic carbocycles. The van der Waals surface area contributed by atoms with Gasteiger partial charge in [-0.05, 0) is 46.0 Å². The number of ether oxygens (including phenoxy) is 1. The van der Waals surface area contributed by atoms with Gasteiger partial charge in [0.2, 0.25) is 0 Å². The molecular formula is C16H27FN4O4. The van der Waals surface area contributed by atoms with Crippen molar-refractivity contribution in [2.45, 2.75) is 39.3 Å². The van der Waals surface area contributed by atoms with Gasteiger partial charge in [0.15, 0.2) is 5.84 Å². The molecule has 1 rings (SSSR count). The normalized spacial score (nSPS) is 11.8. The first-order valence-electron chi connectivity index (χ1n) is 7.55. The van der Waals surface area contributed by atoms with E-state index in [4.69, 9.17) is 20.9 Å². The lowest BCUT2D eigenvalue weighted by Gasteiger charge is -2.21. The number of halogens is 1. The van der Waals surface area contributed by atoms with Crippen molar-refractivity contribution in [1.82, 2.24) is 4.90 Å². The van der Waals surface area contributed by atoms with Crippen LogP contribution in [-0.4, -0.2) is 46.3 Å². The second kappa shape index (κ2) is 10.6. The van der Waals surface area contributed by atoms with Gasteiger partial charge in [0.1, 0.15) is 11.4 Å². The predicted octanol–water partition coefficient (Wildman–Crippen LogP) is 1.42. The van der Waals surface area contributed by atoms with Crippen LogP contribution in [-0.2, 0) is 16.1 Å². The van der Waals surface area contributed by atoms with Gasteiger partial charge in [0.05, 0.1) is 6.42 Å². The Morgan fingerprint density at radius 2 is 1.96 bits per heavy atom. The van der Waals surface area contributed by atoms with E-state index in [1.54, 1.807) is 11.9 Å². The largest absolute Gasteiger partial charge is 0.460 e. The summed E-state index contributed by atoms with van der Waals surface area (Å²) in [6, 6.07) is 4.23. The molecule has 0 aliphatic carbocycles. The van der Waals surface area contributed by atoms with E-state index in [-0.39, 0.29) is 24.0 Å². The Bertz CT molecular complexity index is 588. The molecule has 9 heteroatoms. The number of amidine groups is 1. The summed E-state index contributed by atoms with van der Waals surface area (Å²) in [6.45, 7) is 6.15. The van der Waals surface area contributed by atoms with Gasteiger partial charge in [-0.2, -0.15) is 0 Å². The van der Waals surface area contributed by atoms with Crippen molar-refractivity contribution in [3.63, 3.8) is 0 Å². The Labute approximate surface area is 146 Å². The lowest BCUT2D eigenvalue weighted by molar-refractivity contribution is -0.155. The molecule has 0 heterocycles. The van der Waals surface area contributed by atoms with Gasteiger partial charge in [0, 0.05) is 24.2 Å². The third-order valence-corrected chi connectivity index (χ3v) is 3.01. The van der Waals surface area contributed by atoms with Crippen molar-refractivity contribution >= 4 is 11.8 Å². The standard InChI is InChI=1S/C16H24FN3O3.H3NO/c1-16(2,3)23-14(21)7-8-20(4)10-12-9-11(15(18)19-22)5-6-13(12)17;1-2/h5-6,9,22H,7-8,10H2,1-4H3,(H2,18,19);2H,1H2. The number of oxime groups is 1. The summed E-state index contributed by atoms with van der Waals surface area (Å²) < 4.78 is 19.1. The minimum atomic E-state index is -0.517. The van der Waals surface area contributed by atoms with E-state index in [9.17, 15) is 9.18 Å². The Morgan fingerprint density at radius 3 is 2.48 bits per heavy atom. The molecule has 0 bridgehead atoms. The van der Waals surface area contributed by atoms with Crippen LogP contribution in [0.15, 0.2) is 23.4 Å². The number of esters is 1. The topological polar surface area (TPSA) is 134 Å². The highest BCUT2D eigenvalue weighted by molar-refractivity contribution is 5.97. The van der Waals surface area contributed by atoms with E-state index in [2.05, 4.69) is 11.1 Å². The fraction of sp³-hybridized carbons (Fsp3) is 0.500. The molecule has 0 saturated carbocycles. The van der Waals surface area contributed by atoms with Gasteiger partial charge in [-0.1, -0.05) is 5.16 Å². The van der Waals surface area contributed by atoms with Gasteiger partial charge in [-0.25, -0.2) is 10.3 Å². The SMILES string of the molecule is CN(CCC(=O)OC(C)(C)C)Cc1cc(C(N)=NO)ccc1F.NO.